The fraction of sp³-hybridized carbons (Fsp3) is 0.217. The lowest BCUT2D eigenvalue weighted by Gasteiger charge is -2.10. The van der Waals surface area contributed by atoms with Gasteiger partial charge < -0.3 is 9.47 Å². The van der Waals surface area contributed by atoms with E-state index in [0.717, 1.165) is 27.2 Å². The summed E-state index contributed by atoms with van der Waals surface area (Å²) in [5.74, 6) is 0.736. The highest BCUT2D eigenvalue weighted by atomic mass is 16.5. The molecule has 0 aliphatic carbocycles. The van der Waals surface area contributed by atoms with Crippen molar-refractivity contribution < 1.29 is 14.3 Å². The summed E-state index contributed by atoms with van der Waals surface area (Å²) in [6.07, 6.45) is 2.71. The second-order valence-electron chi connectivity index (χ2n) is 7.21. The second-order valence-corrected chi connectivity index (χ2v) is 7.21. The number of fused-ring (bicyclic) bond motifs is 1. The van der Waals surface area contributed by atoms with E-state index in [-0.39, 0.29) is 6.61 Å². The number of hydrogen-bond acceptors (Lipinski definition) is 6. The summed E-state index contributed by atoms with van der Waals surface area (Å²) in [5.41, 5.74) is 5.55. The van der Waals surface area contributed by atoms with Crippen molar-refractivity contribution in [1.82, 2.24) is 19.4 Å². The maximum Gasteiger partial charge on any atom is 0.283 e. The topological polar surface area (TPSA) is 100 Å². The molecular weight excluding hydrogens is 410 g/mol. The minimum absolute atomic E-state index is 0.264. The van der Waals surface area contributed by atoms with Crippen molar-refractivity contribution >= 4 is 16.9 Å². The lowest BCUT2D eigenvalue weighted by molar-refractivity contribution is -0.119. The van der Waals surface area contributed by atoms with Gasteiger partial charge in [-0.15, -0.1) is 0 Å². The van der Waals surface area contributed by atoms with Gasteiger partial charge in [0.2, 0.25) is 0 Å². The number of amides is 1. The lowest BCUT2D eigenvalue weighted by Crippen LogP contribution is -2.35. The number of carbonyl (C=O) groups excluding carboxylic acids is 1. The normalized spacial score (nSPS) is 10.8. The molecule has 0 radical (unpaired) electrons. The maximum atomic E-state index is 12.8. The maximum absolute atomic E-state index is 12.8. The Bertz CT molecular complexity index is 1320. The van der Waals surface area contributed by atoms with Gasteiger partial charge in [-0.05, 0) is 68.3 Å². The van der Waals surface area contributed by atoms with Crippen LogP contribution in [0.3, 0.4) is 0 Å². The highest BCUT2D eigenvalue weighted by Gasteiger charge is 2.13. The van der Waals surface area contributed by atoms with Crippen LogP contribution >= 0.6 is 0 Å². The Morgan fingerprint density at radius 3 is 2.44 bits per heavy atom. The molecule has 0 saturated heterocycles. The average molecular weight is 433 g/mol. The number of aryl methyl sites for hydroxylation is 2. The minimum Gasteiger partial charge on any atom is -0.494 e. The highest BCUT2D eigenvalue weighted by molar-refractivity contribution is 5.85. The highest BCUT2D eigenvalue weighted by Crippen LogP contribution is 2.18. The Balaban J connectivity index is 1.47. The number of hydrogen-bond donors (Lipinski definition) is 1. The fourth-order valence-corrected chi connectivity index (χ4v) is 3.15. The molecule has 2 heterocycles. The predicted molar refractivity (Wildman–Crippen MR) is 120 cm³/mol. The number of nitrogens with zero attached hydrogens (tertiary/aromatic N) is 4. The first kappa shape index (κ1) is 21.1. The molecule has 0 saturated carbocycles. The molecule has 9 nitrogen and oxygen atoms in total. The van der Waals surface area contributed by atoms with Crippen molar-refractivity contribution in [3.8, 4) is 17.2 Å². The summed E-state index contributed by atoms with van der Waals surface area (Å²) < 4.78 is 13.5. The van der Waals surface area contributed by atoms with Crippen LogP contribution in [0.25, 0.3) is 16.7 Å². The first-order valence-corrected chi connectivity index (χ1v) is 10.1. The molecule has 0 bridgehead atoms. The van der Waals surface area contributed by atoms with Gasteiger partial charge in [0.15, 0.2) is 12.3 Å². The molecule has 9 heteroatoms. The third kappa shape index (κ3) is 4.31. The molecule has 2 aromatic carbocycles. The Morgan fingerprint density at radius 1 is 1.03 bits per heavy atom. The standard InChI is InChI=1S/C23H23N5O4/c1-4-31-18-7-9-19(10-8-18)32-13-21(29)26-27-14-24-22-20(23(27)30)12-25-28(22)17-6-5-15(2)16(3)11-17/h5-12,14H,4,13H2,1-3H3,(H,26,29). The minimum atomic E-state index is -0.497. The van der Waals surface area contributed by atoms with Gasteiger partial charge in [0, 0.05) is 0 Å². The number of ether oxygens (including phenoxy) is 2. The summed E-state index contributed by atoms with van der Waals surface area (Å²) >= 11 is 0. The van der Waals surface area contributed by atoms with Gasteiger partial charge >= 0.3 is 0 Å². The van der Waals surface area contributed by atoms with E-state index >= 15 is 0 Å². The molecule has 4 aromatic rings. The van der Waals surface area contributed by atoms with Crippen molar-refractivity contribution in [3.05, 3.63) is 76.5 Å². The van der Waals surface area contributed by atoms with Crippen molar-refractivity contribution in [2.45, 2.75) is 20.8 Å². The van der Waals surface area contributed by atoms with E-state index in [0.29, 0.717) is 23.4 Å². The third-order valence-electron chi connectivity index (χ3n) is 4.97. The van der Waals surface area contributed by atoms with Crippen LogP contribution in [0, 0.1) is 13.8 Å². The monoisotopic (exact) mass is 433 g/mol. The second kappa shape index (κ2) is 8.93. The number of nitrogens with one attached hydrogen (secondary N) is 1. The van der Waals surface area contributed by atoms with Crippen LogP contribution in [0.2, 0.25) is 0 Å². The first-order valence-electron chi connectivity index (χ1n) is 10.1. The lowest BCUT2D eigenvalue weighted by atomic mass is 10.1. The van der Waals surface area contributed by atoms with E-state index in [9.17, 15) is 9.59 Å². The number of rotatable bonds is 7. The van der Waals surface area contributed by atoms with E-state index in [1.54, 1.807) is 28.9 Å². The van der Waals surface area contributed by atoms with Gasteiger partial charge in [-0.2, -0.15) is 5.10 Å². The third-order valence-corrected chi connectivity index (χ3v) is 4.97. The zero-order chi connectivity index (χ0) is 22.7. The molecule has 0 fully saturated rings. The molecule has 4 rings (SSSR count). The largest absolute Gasteiger partial charge is 0.494 e. The van der Waals surface area contributed by atoms with Gasteiger partial charge in [0.25, 0.3) is 11.5 Å². The summed E-state index contributed by atoms with van der Waals surface area (Å²) in [6, 6.07) is 12.8. The molecule has 0 spiro atoms. The van der Waals surface area contributed by atoms with Crippen LogP contribution in [-0.2, 0) is 4.79 Å². The van der Waals surface area contributed by atoms with Crippen molar-refractivity contribution in [3.63, 3.8) is 0 Å². The molecule has 0 aliphatic heterocycles. The van der Waals surface area contributed by atoms with E-state index in [1.165, 1.54) is 12.5 Å². The van der Waals surface area contributed by atoms with Crippen LogP contribution < -0.4 is 20.5 Å². The molecule has 164 valence electrons. The summed E-state index contributed by atoms with van der Waals surface area (Å²) in [4.78, 5) is 29.4. The van der Waals surface area contributed by atoms with Crippen molar-refractivity contribution in [1.29, 1.82) is 0 Å². The SMILES string of the molecule is CCOc1ccc(OCC(=O)Nn2cnc3c(cnn3-c3ccc(C)c(C)c3)c2=O)cc1. The average Bonchev–Trinajstić information content (AvgIpc) is 3.22. The Morgan fingerprint density at radius 2 is 1.75 bits per heavy atom. The van der Waals surface area contributed by atoms with Crippen LogP contribution in [0.4, 0.5) is 0 Å². The first-order chi connectivity index (χ1) is 15.5. The Kier molecular flexibility index (Phi) is 5.89. The number of carbonyl (C=O) groups is 1. The van der Waals surface area contributed by atoms with Gasteiger partial charge in [-0.25, -0.2) is 14.3 Å². The van der Waals surface area contributed by atoms with Gasteiger partial charge in [0.1, 0.15) is 23.2 Å². The van der Waals surface area contributed by atoms with Crippen LogP contribution in [-0.4, -0.2) is 38.6 Å². The molecular formula is C23H23N5O4. The molecule has 0 atom stereocenters. The quantitative estimate of drug-likeness (QED) is 0.481. The molecule has 2 aromatic heterocycles. The van der Waals surface area contributed by atoms with E-state index in [2.05, 4.69) is 15.5 Å². The molecule has 0 aliphatic rings. The van der Waals surface area contributed by atoms with E-state index in [1.807, 2.05) is 39.0 Å². The van der Waals surface area contributed by atoms with Gasteiger partial charge in [0.05, 0.1) is 18.5 Å². The van der Waals surface area contributed by atoms with Crippen molar-refractivity contribution in [2.24, 2.45) is 0 Å². The van der Waals surface area contributed by atoms with Crippen molar-refractivity contribution in [2.75, 3.05) is 18.6 Å². The van der Waals surface area contributed by atoms with Crippen LogP contribution in [0.1, 0.15) is 18.1 Å². The predicted octanol–water partition coefficient (Wildman–Crippen LogP) is 2.75. The Hall–Kier alpha value is -4.14. The number of aromatic nitrogens is 4. The molecule has 1 amide bonds. The zero-order valence-electron chi connectivity index (χ0n) is 18.0. The van der Waals surface area contributed by atoms with E-state index in [4.69, 9.17) is 9.47 Å². The fourth-order valence-electron chi connectivity index (χ4n) is 3.15. The number of benzene rings is 2. The summed E-state index contributed by atoms with van der Waals surface area (Å²) in [7, 11) is 0. The van der Waals surface area contributed by atoms with E-state index < -0.39 is 11.5 Å². The van der Waals surface area contributed by atoms with Gasteiger partial charge in [-0.3, -0.25) is 15.0 Å². The molecule has 32 heavy (non-hydrogen) atoms. The summed E-state index contributed by atoms with van der Waals surface area (Å²) in [6.45, 7) is 6.24. The molecule has 1 N–H and O–H groups in total. The Labute approximate surface area is 184 Å². The van der Waals surface area contributed by atoms with Gasteiger partial charge in [-0.1, -0.05) is 6.07 Å². The smallest absolute Gasteiger partial charge is 0.283 e. The summed E-state index contributed by atoms with van der Waals surface area (Å²) in [5, 5.41) is 4.60. The van der Waals surface area contributed by atoms with Crippen LogP contribution in [0.15, 0.2) is 59.8 Å². The van der Waals surface area contributed by atoms with Crippen LogP contribution in [0.5, 0.6) is 11.5 Å². The molecule has 0 unspecified atom stereocenters. The zero-order valence-corrected chi connectivity index (χ0v) is 18.0.